The van der Waals surface area contributed by atoms with Gasteiger partial charge in [0.15, 0.2) is 5.96 Å². The van der Waals surface area contributed by atoms with Crippen molar-refractivity contribution in [1.82, 2.24) is 15.1 Å². The molecule has 0 aromatic carbocycles. The number of nitrogens with zero attached hydrogens (tertiary/aromatic N) is 3. The molecule has 0 bridgehead atoms. The highest BCUT2D eigenvalue weighted by atomic mass is 127. The first-order valence-electron chi connectivity index (χ1n) is 10.9. The molecule has 0 spiro atoms. The summed E-state index contributed by atoms with van der Waals surface area (Å²) in [5.74, 6) is 2.67. The van der Waals surface area contributed by atoms with Gasteiger partial charge in [0.25, 0.3) is 0 Å². The van der Waals surface area contributed by atoms with E-state index in [0.717, 1.165) is 44.1 Å². The average molecular weight is 535 g/mol. The van der Waals surface area contributed by atoms with Crippen molar-refractivity contribution >= 4 is 41.3 Å². The maximum Gasteiger partial charge on any atom is 0.193 e. The molecule has 2 saturated heterocycles. The Morgan fingerprint density at radius 2 is 2.03 bits per heavy atom. The molecule has 29 heavy (non-hydrogen) atoms. The van der Waals surface area contributed by atoms with Crippen LogP contribution in [0.1, 0.15) is 49.9 Å². The maximum absolute atomic E-state index is 5.49. The summed E-state index contributed by atoms with van der Waals surface area (Å²) in [5, 5.41) is 5.87. The number of thiophene rings is 1. The van der Waals surface area contributed by atoms with Gasteiger partial charge in [0.1, 0.15) is 0 Å². The molecular formula is C22H39IN4OS. The Morgan fingerprint density at radius 1 is 1.31 bits per heavy atom. The highest BCUT2D eigenvalue weighted by Gasteiger charge is 2.26. The van der Waals surface area contributed by atoms with Crippen LogP contribution in [0.5, 0.6) is 0 Å². The van der Waals surface area contributed by atoms with Crippen LogP contribution in [0.25, 0.3) is 0 Å². The second kappa shape index (κ2) is 13.1. The van der Waals surface area contributed by atoms with E-state index in [4.69, 9.17) is 4.74 Å². The van der Waals surface area contributed by atoms with Gasteiger partial charge in [-0.15, -0.1) is 35.3 Å². The van der Waals surface area contributed by atoms with Crippen LogP contribution in [0.4, 0.5) is 0 Å². The van der Waals surface area contributed by atoms with Crippen LogP contribution >= 0.6 is 35.3 Å². The molecule has 7 heteroatoms. The smallest absolute Gasteiger partial charge is 0.193 e. The number of rotatable bonds is 7. The fourth-order valence-corrected chi connectivity index (χ4v) is 5.18. The monoisotopic (exact) mass is 534 g/mol. The third-order valence-corrected chi connectivity index (χ3v) is 7.34. The molecule has 1 unspecified atom stereocenters. The molecule has 1 atom stereocenters. The van der Waals surface area contributed by atoms with Crippen LogP contribution < -0.4 is 5.32 Å². The van der Waals surface area contributed by atoms with Crippen LogP contribution in [-0.4, -0.2) is 69.2 Å². The number of aliphatic imine (C=N–C) groups is 1. The summed E-state index contributed by atoms with van der Waals surface area (Å²) in [6, 6.07) is 4.90. The highest BCUT2D eigenvalue weighted by Crippen LogP contribution is 2.29. The van der Waals surface area contributed by atoms with Gasteiger partial charge in [0.2, 0.25) is 0 Å². The minimum atomic E-state index is 0. The van der Waals surface area contributed by atoms with Gasteiger partial charge < -0.3 is 15.0 Å². The van der Waals surface area contributed by atoms with Crippen molar-refractivity contribution in [2.75, 3.05) is 53.5 Å². The predicted molar refractivity (Wildman–Crippen MR) is 135 cm³/mol. The topological polar surface area (TPSA) is 40.1 Å². The van der Waals surface area contributed by atoms with Crippen molar-refractivity contribution in [3.05, 3.63) is 22.4 Å². The lowest BCUT2D eigenvalue weighted by Gasteiger charge is -2.37. The van der Waals surface area contributed by atoms with E-state index >= 15 is 0 Å². The van der Waals surface area contributed by atoms with E-state index in [0.29, 0.717) is 6.04 Å². The van der Waals surface area contributed by atoms with Crippen molar-refractivity contribution in [2.24, 2.45) is 16.8 Å². The SMILES string of the molecule is CN=C(NCC(c1cccs1)N1CCC(C)CC1)N(C)CCC1CCOCC1.I. The van der Waals surface area contributed by atoms with E-state index < -0.39 is 0 Å². The minimum Gasteiger partial charge on any atom is -0.381 e. The second-order valence-corrected chi connectivity index (χ2v) is 9.42. The molecule has 2 fully saturated rings. The number of piperidine rings is 1. The van der Waals surface area contributed by atoms with Gasteiger partial charge in [-0.2, -0.15) is 0 Å². The Kier molecular flexibility index (Phi) is 11.3. The van der Waals surface area contributed by atoms with Gasteiger partial charge in [-0.3, -0.25) is 9.89 Å². The first-order valence-corrected chi connectivity index (χ1v) is 11.8. The standard InChI is InChI=1S/C22H38N4OS.HI/c1-18-6-12-26(13-7-18)20(21-5-4-16-28-21)17-24-22(23-2)25(3)11-8-19-9-14-27-15-10-19;/h4-5,16,18-20H,6-15,17H2,1-3H3,(H,23,24);1H. The summed E-state index contributed by atoms with van der Waals surface area (Å²) < 4.78 is 5.49. The summed E-state index contributed by atoms with van der Waals surface area (Å²) in [7, 11) is 4.06. The van der Waals surface area contributed by atoms with Crippen LogP contribution in [-0.2, 0) is 4.74 Å². The number of likely N-dealkylation sites (tertiary alicyclic amines) is 1. The van der Waals surface area contributed by atoms with Crippen molar-refractivity contribution in [3.8, 4) is 0 Å². The number of guanidine groups is 1. The first kappa shape index (κ1) is 24.9. The molecule has 1 aromatic heterocycles. The Hall–Kier alpha value is -0.380. The van der Waals surface area contributed by atoms with Gasteiger partial charge in [0.05, 0.1) is 6.04 Å². The van der Waals surface area contributed by atoms with Crippen LogP contribution in [0.15, 0.2) is 22.5 Å². The minimum absolute atomic E-state index is 0. The van der Waals surface area contributed by atoms with Crippen LogP contribution in [0.2, 0.25) is 0 Å². The summed E-state index contributed by atoms with van der Waals surface area (Å²) in [6.07, 6.45) is 6.24. The molecule has 0 amide bonds. The highest BCUT2D eigenvalue weighted by molar-refractivity contribution is 14.0. The molecule has 3 heterocycles. The van der Waals surface area contributed by atoms with Gasteiger partial charge in [-0.25, -0.2) is 0 Å². The van der Waals surface area contributed by atoms with E-state index in [1.165, 1.54) is 50.1 Å². The molecule has 2 aliphatic heterocycles. The van der Waals surface area contributed by atoms with Crippen molar-refractivity contribution < 1.29 is 4.74 Å². The third kappa shape index (κ3) is 7.67. The number of nitrogens with one attached hydrogen (secondary N) is 1. The second-order valence-electron chi connectivity index (χ2n) is 8.44. The molecule has 2 aliphatic rings. The Morgan fingerprint density at radius 3 is 2.66 bits per heavy atom. The molecule has 5 nitrogen and oxygen atoms in total. The van der Waals surface area contributed by atoms with Crippen molar-refractivity contribution in [2.45, 2.75) is 45.1 Å². The van der Waals surface area contributed by atoms with E-state index in [1.54, 1.807) is 0 Å². The molecular weight excluding hydrogens is 495 g/mol. The summed E-state index contributed by atoms with van der Waals surface area (Å²) >= 11 is 1.88. The number of halogens is 1. The fourth-order valence-electron chi connectivity index (χ4n) is 4.32. The van der Waals surface area contributed by atoms with Gasteiger partial charge in [-0.05, 0) is 68.5 Å². The largest absolute Gasteiger partial charge is 0.381 e. The summed E-state index contributed by atoms with van der Waals surface area (Å²) in [4.78, 5) is 11.0. The number of hydrogen-bond donors (Lipinski definition) is 1. The lowest BCUT2D eigenvalue weighted by molar-refractivity contribution is 0.0625. The summed E-state index contributed by atoms with van der Waals surface area (Å²) in [6.45, 7) is 8.60. The lowest BCUT2D eigenvalue weighted by atomic mass is 9.96. The molecule has 0 aliphatic carbocycles. The van der Waals surface area contributed by atoms with Crippen molar-refractivity contribution in [1.29, 1.82) is 0 Å². The Bertz CT molecular complexity index is 584. The predicted octanol–water partition coefficient (Wildman–Crippen LogP) is 4.46. The van der Waals surface area contributed by atoms with E-state index in [-0.39, 0.29) is 24.0 Å². The first-order chi connectivity index (χ1) is 13.7. The number of hydrogen-bond acceptors (Lipinski definition) is 4. The zero-order valence-electron chi connectivity index (χ0n) is 18.3. The quantitative estimate of drug-likeness (QED) is 0.319. The zero-order valence-corrected chi connectivity index (χ0v) is 21.5. The molecule has 0 saturated carbocycles. The van der Waals surface area contributed by atoms with Crippen LogP contribution in [0.3, 0.4) is 0 Å². The molecule has 0 radical (unpaired) electrons. The van der Waals surface area contributed by atoms with E-state index in [2.05, 4.69) is 51.6 Å². The molecule has 1 aromatic rings. The molecule has 1 N–H and O–H groups in total. The average Bonchev–Trinajstić information content (AvgIpc) is 3.26. The van der Waals surface area contributed by atoms with Gasteiger partial charge in [0, 0.05) is 45.3 Å². The Balaban J connectivity index is 0.00000300. The van der Waals surface area contributed by atoms with Crippen LogP contribution in [0, 0.1) is 11.8 Å². The summed E-state index contributed by atoms with van der Waals surface area (Å²) in [5.41, 5.74) is 0. The van der Waals surface area contributed by atoms with Gasteiger partial charge in [-0.1, -0.05) is 13.0 Å². The molecule has 3 rings (SSSR count). The maximum atomic E-state index is 5.49. The number of ether oxygens (including phenoxy) is 1. The third-order valence-electron chi connectivity index (χ3n) is 6.37. The molecule has 166 valence electrons. The normalized spacial score (nSPS) is 20.9. The van der Waals surface area contributed by atoms with E-state index in [1.807, 2.05) is 18.4 Å². The van der Waals surface area contributed by atoms with Gasteiger partial charge >= 0.3 is 0 Å². The fraction of sp³-hybridized carbons (Fsp3) is 0.773. The Labute approximate surface area is 198 Å². The zero-order chi connectivity index (χ0) is 19.8. The van der Waals surface area contributed by atoms with Crippen molar-refractivity contribution in [3.63, 3.8) is 0 Å². The lowest BCUT2D eigenvalue weighted by Crippen LogP contribution is -2.45. The van der Waals surface area contributed by atoms with E-state index in [9.17, 15) is 0 Å².